The first kappa shape index (κ1) is 13.9. The van der Waals surface area contributed by atoms with E-state index in [1.807, 2.05) is 0 Å². The molecule has 0 aromatic heterocycles. The molecule has 1 saturated carbocycles. The first-order valence-electron chi connectivity index (χ1n) is 6.18. The predicted molar refractivity (Wildman–Crippen MR) is 72.9 cm³/mol. The van der Waals surface area contributed by atoms with Crippen LogP contribution in [-0.2, 0) is 0 Å². The van der Waals surface area contributed by atoms with Crippen LogP contribution in [0.4, 0.5) is 5.69 Å². The SMILES string of the molecule is Cc1c(SC2CCCC2)cc(C(=O)O)cc1[N+](=O)[O-]. The van der Waals surface area contributed by atoms with Crippen molar-refractivity contribution in [3.05, 3.63) is 33.4 Å². The molecule has 1 fully saturated rings. The van der Waals surface area contributed by atoms with Crippen LogP contribution in [0.1, 0.15) is 41.6 Å². The van der Waals surface area contributed by atoms with E-state index in [4.69, 9.17) is 5.11 Å². The molecule has 0 aliphatic heterocycles. The lowest BCUT2D eigenvalue weighted by Gasteiger charge is -2.12. The fourth-order valence-corrected chi connectivity index (χ4v) is 3.70. The second-order valence-corrected chi connectivity index (χ2v) is 6.05. The Labute approximate surface area is 115 Å². The summed E-state index contributed by atoms with van der Waals surface area (Å²) in [5.74, 6) is -1.13. The summed E-state index contributed by atoms with van der Waals surface area (Å²) < 4.78 is 0. The molecule has 0 bridgehead atoms. The van der Waals surface area contributed by atoms with Gasteiger partial charge in [0.2, 0.25) is 0 Å². The average molecular weight is 281 g/mol. The Morgan fingerprint density at radius 1 is 1.42 bits per heavy atom. The molecule has 0 radical (unpaired) electrons. The molecular formula is C13H15NO4S. The minimum absolute atomic E-state index is 0.0159. The van der Waals surface area contributed by atoms with Gasteiger partial charge in [0, 0.05) is 21.8 Å². The number of thioether (sulfide) groups is 1. The molecule has 19 heavy (non-hydrogen) atoms. The molecule has 0 heterocycles. The van der Waals surface area contributed by atoms with Gasteiger partial charge in [-0.05, 0) is 25.8 Å². The Kier molecular flexibility index (Phi) is 4.09. The molecule has 1 aliphatic rings. The van der Waals surface area contributed by atoms with Crippen molar-refractivity contribution >= 4 is 23.4 Å². The Bertz CT molecular complexity index is 524. The lowest BCUT2D eigenvalue weighted by atomic mass is 10.1. The molecule has 5 nitrogen and oxygen atoms in total. The number of nitro benzene ring substituents is 1. The van der Waals surface area contributed by atoms with Crippen LogP contribution in [-0.4, -0.2) is 21.2 Å². The number of carboxylic acids is 1. The number of hydrogen-bond acceptors (Lipinski definition) is 4. The molecule has 0 spiro atoms. The zero-order chi connectivity index (χ0) is 14.0. The highest BCUT2D eigenvalue weighted by molar-refractivity contribution is 8.00. The van der Waals surface area contributed by atoms with Crippen molar-refractivity contribution in [2.24, 2.45) is 0 Å². The van der Waals surface area contributed by atoms with Crippen molar-refractivity contribution in [1.29, 1.82) is 0 Å². The summed E-state index contributed by atoms with van der Waals surface area (Å²) in [5.41, 5.74) is 0.435. The molecular weight excluding hydrogens is 266 g/mol. The van der Waals surface area contributed by atoms with Crippen LogP contribution in [0.25, 0.3) is 0 Å². The highest BCUT2D eigenvalue weighted by Gasteiger charge is 2.23. The van der Waals surface area contributed by atoms with Gasteiger partial charge in [-0.1, -0.05) is 12.8 Å². The number of nitro groups is 1. The largest absolute Gasteiger partial charge is 0.478 e. The van der Waals surface area contributed by atoms with Gasteiger partial charge in [0.25, 0.3) is 5.69 Å². The maximum Gasteiger partial charge on any atom is 0.335 e. The lowest BCUT2D eigenvalue weighted by Crippen LogP contribution is -2.03. The van der Waals surface area contributed by atoms with Crippen molar-refractivity contribution in [2.75, 3.05) is 0 Å². The predicted octanol–water partition coefficient (Wildman–Crippen LogP) is 3.64. The summed E-state index contributed by atoms with van der Waals surface area (Å²) in [6.45, 7) is 1.68. The van der Waals surface area contributed by atoms with E-state index in [1.165, 1.54) is 12.8 Å². The summed E-state index contributed by atoms with van der Waals surface area (Å²) in [4.78, 5) is 22.2. The van der Waals surface area contributed by atoms with E-state index in [0.717, 1.165) is 23.8 Å². The number of rotatable bonds is 4. The molecule has 102 valence electrons. The monoisotopic (exact) mass is 281 g/mol. The van der Waals surface area contributed by atoms with Gasteiger partial charge in [-0.2, -0.15) is 0 Å². The van der Waals surface area contributed by atoms with Gasteiger partial charge < -0.3 is 5.11 Å². The normalized spacial score (nSPS) is 15.6. The number of aromatic carboxylic acids is 1. The highest BCUT2D eigenvalue weighted by Crippen LogP contribution is 2.39. The third-order valence-corrected chi connectivity index (χ3v) is 4.85. The zero-order valence-corrected chi connectivity index (χ0v) is 11.4. The molecule has 1 aromatic carbocycles. The number of hydrogen-bond donors (Lipinski definition) is 1. The maximum absolute atomic E-state index is 11.0. The third-order valence-electron chi connectivity index (χ3n) is 3.37. The van der Waals surface area contributed by atoms with Crippen LogP contribution < -0.4 is 0 Å². The van der Waals surface area contributed by atoms with Crippen molar-refractivity contribution in [1.82, 2.24) is 0 Å². The fourth-order valence-electron chi connectivity index (χ4n) is 2.29. The summed E-state index contributed by atoms with van der Waals surface area (Å²) in [6.07, 6.45) is 4.54. The first-order valence-corrected chi connectivity index (χ1v) is 7.06. The number of carboxylic acid groups (broad SMARTS) is 1. The Balaban J connectivity index is 2.39. The quantitative estimate of drug-likeness (QED) is 0.673. The molecule has 0 amide bonds. The van der Waals surface area contributed by atoms with Gasteiger partial charge in [0.15, 0.2) is 0 Å². The topological polar surface area (TPSA) is 80.4 Å². The van der Waals surface area contributed by atoms with Gasteiger partial charge in [0.05, 0.1) is 10.5 Å². The second kappa shape index (κ2) is 5.61. The average Bonchev–Trinajstić information content (AvgIpc) is 2.83. The van der Waals surface area contributed by atoms with Crippen molar-refractivity contribution in [3.63, 3.8) is 0 Å². The summed E-state index contributed by atoms with van der Waals surface area (Å²) in [5, 5.41) is 20.5. The molecule has 1 N–H and O–H groups in total. The number of benzene rings is 1. The van der Waals surface area contributed by atoms with Crippen LogP contribution >= 0.6 is 11.8 Å². The van der Waals surface area contributed by atoms with Crippen molar-refractivity contribution in [3.8, 4) is 0 Å². The highest BCUT2D eigenvalue weighted by atomic mass is 32.2. The van der Waals surface area contributed by atoms with Crippen molar-refractivity contribution in [2.45, 2.75) is 42.8 Å². The van der Waals surface area contributed by atoms with Gasteiger partial charge in [-0.25, -0.2) is 4.79 Å². The van der Waals surface area contributed by atoms with E-state index in [1.54, 1.807) is 24.8 Å². The molecule has 6 heteroatoms. The number of nitrogens with zero attached hydrogens (tertiary/aromatic N) is 1. The molecule has 2 rings (SSSR count). The standard InChI is InChI=1S/C13H15NO4S/c1-8-11(14(17)18)6-9(13(15)16)7-12(8)19-10-4-2-3-5-10/h6-7,10H,2-5H2,1H3,(H,15,16). The van der Waals surface area contributed by atoms with Crippen LogP contribution in [0.3, 0.4) is 0 Å². The van der Waals surface area contributed by atoms with Crippen LogP contribution in [0.5, 0.6) is 0 Å². The Morgan fingerprint density at radius 3 is 2.58 bits per heavy atom. The van der Waals surface area contributed by atoms with Gasteiger partial charge >= 0.3 is 5.97 Å². The Morgan fingerprint density at radius 2 is 2.05 bits per heavy atom. The molecule has 0 atom stereocenters. The molecule has 1 aliphatic carbocycles. The molecule has 0 saturated heterocycles. The van der Waals surface area contributed by atoms with Gasteiger partial charge in [0.1, 0.15) is 0 Å². The van der Waals surface area contributed by atoms with Crippen LogP contribution in [0.15, 0.2) is 17.0 Å². The summed E-state index contributed by atoms with van der Waals surface area (Å²) in [6, 6.07) is 2.68. The first-order chi connectivity index (χ1) is 8.99. The second-order valence-electron chi connectivity index (χ2n) is 4.71. The number of carbonyl (C=O) groups is 1. The minimum atomic E-state index is -1.13. The van der Waals surface area contributed by atoms with Gasteiger partial charge in [-0.15, -0.1) is 11.8 Å². The van der Waals surface area contributed by atoms with Crippen LogP contribution in [0, 0.1) is 17.0 Å². The van der Waals surface area contributed by atoms with E-state index in [9.17, 15) is 14.9 Å². The van der Waals surface area contributed by atoms with E-state index in [0.29, 0.717) is 10.8 Å². The zero-order valence-electron chi connectivity index (χ0n) is 10.6. The van der Waals surface area contributed by atoms with E-state index < -0.39 is 10.9 Å². The van der Waals surface area contributed by atoms with E-state index in [-0.39, 0.29) is 11.3 Å². The fraction of sp³-hybridized carbons (Fsp3) is 0.462. The summed E-state index contributed by atoms with van der Waals surface area (Å²) >= 11 is 1.57. The minimum Gasteiger partial charge on any atom is -0.478 e. The smallest absolute Gasteiger partial charge is 0.335 e. The van der Waals surface area contributed by atoms with E-state index >= 15 is 0 Å². The van der Waals surface area contributed by atoms with Crippen LogP contribution in [0.2, 0.25) is 0 Å². The molecule has 0 unspecified atom stereocenters. The van der Waals surface area contributed by atoms with Gasteiger partial charge in [-0.3, -0.25) is 10.1 Å². The maximum atomic E-state index is 11.0. The summed E-state index contributed by atoms with van der Waals surface area (Å²) in [7, 11) is 0. The lowest BCUT2D eigenvalue weighted by molar-refractivity contribution is -0.385. The van der Waals surface area contributed by atoms with Crippen molar-refractivity contribution < 1.29 is 14.8 Å². The molecule has 1 aromatic rings. The third kappa shape index (κ3) is 3.07. The Hall–Kier alpha value is -1.56. The van der Waals surface area contributed by atoms with E-state index in [2.05, 4.69) is 0 Å².